The van der Waals surface area contributed by atoms with Crippen LogP contribution in [0.5, 0.6) is 0 Å². The summed E-state index contributed by atoms with van der Waals surface area (Å²) in [5, 5.41) is 0. The Balaban J connectivity index is 1.65. The zero-order valence-corrected chi connectivity index (χ0v) is 15.7. The SMILES string of the molecule is Cc1nc2cnc(Cc3ccnc(C4=CCCCC4)n3)cc2n1C(C)C. The number of pyridine rings is 1. The first kappa shape index (κ1) is 16.9. The quantitative estimate of drug-likeness (QED) is 0.689. The van der Waals surface area contributed by atoms with Crippen molar-refractivity contribution >= 4 is 16.6 Å². The number of hydrogen-bond donors (Lipinski definition) is 0. The monoisotopic (exact) mass is 347 g/mol. The van der Waals surface area contributed by atoms with Gasteiger partial charge in [-0.15, -0.1) is 0 Å². The molecule has 0 N–H and O–H groups in total. The molecule has 1 aliphatic carbocycles. The Labute approximate surface area is 154 Å². The molecule has 3 heterocycles. The van der Waals surface area contributed by atoms with Crippen LogP contribution in [0.1, 0.15) is 68.6 Å². The lowest BCUT2D eigenvalue weighted by atomic mass is 9.99. The van der Waals surface area contributed by atoms with E-state index in [1.165, 1.54) is 18.4 Å². The summed E-state index contributed by atoms with van der Waals surface area (Å²) in [6.07, 6.45) is 11.5. The van der Waals surface area contributed by atoms with E-state index in [0.29, 0.717) is 12.5 Å². The van der Waals surface area contributed by atoms with E-state index in [2.05, 4.69) is 45.5 Å². The fourth-order valence-electron chi connectivity index (χ4n) is 3.79. The summed E-state index contributed by atoms with van der Waals surface area (Å²) in [7, 11) is 0. The van der Waals surface area contributed by atoms with Crippen LogP contribution in [-0.4, -0.2) is 24.5 Å². The number of nitrogens with zero attached hydrogens (tertiary/aromatic N) is 5. The molecule has 0 amide bonds. The van der Waals surface area contributed by atoms with Crippen LogP contribution in [0.15, 0.2) is 30.6 Å². The minimum absolute atomic E-state index is 0.374. The fourth-order valence-corrected chi connectivity index (χ4v) is 3.79. The van der Waals surface area contributed by atoms with Crippen molar-refractivity contribution in [3.8, 4) is 0 Å². The molecule has 0 saturated heterocycles. The molecular weight excluding hydrogens is 322 g/mol. The number of fused-ring (bicyclic) bond motifs is 1. The highest BCUT2D eigenvalue weighted by Gasteiger charge is 2.13. The Kier molecular flexibility index (Phi) is 4.53. The molecule has 3 aromatic heterocycles. The lowest BCUT2D eigenvalue weighted by molar-refractivity contribution is 0.600. The topological polar surface area (TPSA) is 56.5 Å². The van der Waals surface area contributed by atoms with Gasteiger partial charge < -0.3 is 4.57 Å². The van der Waals surface area contributed by atoms with Crippen molar-refractivity contribution in [1.29, 1.82) is 0 Å². The fraction of sp³-hybridized carbons (Fsp3) is 0.429. The summed E-state index contributed by atoms with van der Waals surface area (Å²) in [5.41, 5.74) is 5.42. The van der Waals surface area contributed by atoms with Gasteiger partial charge in [0.25, 0.3) is 0 Å². The highest BCUT2D eigenvalue weighted by Crippen LogP contribution is 2.25. The molecule has 4 rings (SSSR count). The first-order valence-electron chi connectivity index (χ1n) is 9.46. The van der Waals surface area contributed by atoms with Gasteiger partial charge in [-0.2, -0.15) is 0 Å². The van der Waals surface area contributed by atoms with Crippen LogP contribution in [0.3, 0.4) is 0 Å². The van der Waals surface area contributed by atoms with E-state index in [0.717, 1.165) is 46.9 Å². The van der Waals surface area contributed by atoms with E-state index in [9.17, 15) is 0 Å². The second kappa shape index (κ2) is 6.98. The van der Waals surface area contributed by atoms with Gasteiger partial charge in [0.2, 0.25) is 0 Å². The second-order valence-electron chi connectivity index (χ2n) is 7.31. The summed E-state index contributed by atoms with van der Waals surface area (Å²) in [6.45, 7) is 6.42. The molecule has 0 aromatic carbocycles. The average Bonchev–Trinajstić information content (AvgIpc) is 2.98. The normalized spacial score (nSPS) is 14.8. The highest BCUT2D eigenvalue weighted by molar-refractivity contribution is 5.75. The third kappa shape index (κ3) is 3.26. The average molecular weight is 347 g/mol. The van der Waals surface area contributed by atoms with Crippen LogP contribution in [0.4, 0.5) is 0 Å². The predicted molar refractivity (Wildman–Crippen MR) is 104 cm³/mol. The minimum Gasteiger partial charge on any atom is -0.326 e. The van der Waals surface area contributed by atoms with Crippen molar-refractivity contribution in [2.45, 2.75) is 58.9 Å². The number of rotatable bonds is 4. The summed E-state index contributed by atoms with van der Waals surface area (Å²) in [4.78, 5) is 18.5. The zero-order chi connectivity index (χ0) is 18.1. The smallest absolute Gasteiger partial charge is 0.154 e. The minimum atomic E-state index is 0.374. The van der Waals surface area contributed by atoms with Crippen molar-refractivity contribution < 1.29 is 0 Å². The number of aryl methyl sites for hydroxylation is 1. The van der Waals surface area contributed by atoms with Crippen LogP contribution >= 0.6 is 0 Å². The van der Waals surface area contributed by atoms with E-state index >= 15 is 0 Å². The van der Waals surface area contributed by atoms with Crippen LogP contribution in [-0.2, 0) is 6.42 Å². The molecule has 0 bridgehead atoms. The van der Waals surface area contributed by atoms with Gasteiger partial charge in [0.05, 0.1) is 17.4 Å². The van der Waals surface area contributed by atoms with Gasteiger partial charge >= 0.3 is 0 Å². The van der Waals surface area contributed by atoms with Gasteiger partial charge in [-0.05, 0) is 64.2 Å². The van der Waals surface area contributed by atoms with Crippen LogP contribution in [0.2, 0.25) is 0 Å². The van der Waals surface area contributed by atoms with E-state index in [1.807, 2.05) is 25.4 Å². The molecule has 5 heteroatoms. The van der Waals surface area contributed by atoms with Crippen molar-refractivity contribution in [1.82, 2.24) is 24.5 Å². The maximum atomic E-state index is 4.79. The van der Waals surface area contributed by atoms with Gasteiger partial charge in [-0.3, -0.25) is 4.98 Å². The van der Waals surface area contributed by atoms with Crippen molar-refractivity contribution in [2.75, 3.05) is 0 Å². The number of hydrogen-bond acceptors (Lipinski definition) is 4. The Hall–Kier alpha value is -2.56. The molecule has 1 aliphatic rings. The van der Waals surface area contributed by atoms with Crippen molar-refractivity contribution in [3.05, 3.63) is 53.6 Å². The summed E-state index contributed by atoms with van der Waals surface area (Å²) >= 11 is 0. The lowest BCUT2D eigenvalue weighted by Crippen LogP contribution is -2.04. The third-order valence-corrected chi connectivity index (χ3v) is 4.98. The molecule has 134 valence electrons. The van der Waals surface area contributed by atoms with Crippen molar-refractivity contribution in [3.63, 3.8) is 0 Å². The number of imidazole rings is 1. The van der Waals surface area contributed by atoms with Crippen molar-refractivity contribution in [2.24, 2.45) is 0 Å². The Morgan fingerprint density at radius 3 is 2.77 bits per heavy atom. The van der Waals surface area contributed by atoms with Gasteiger partial charge in [0.15, 0.2) is 5.82 Å². The van der Waals surface area contributed by atoms with Gasteiger partial charge in [0.1, 0.15) is 11.3 Å². The Morgan fingerprint density at radius 1 is 1.12 bits per heavy atom. The zero-order valence-electron chi connectivity index (χ0n) is 15.7. The molecule has 0 atom stereocenters. The van der Waals surface area contributed by atoms with E-state index in [4.69, 9.17) is 4.98 Å². The van der Waals surface area contributed by atoms with E-state index < -0.39 is 0 Å². The molecule has 0 radical (unpaired) electrons. The summed E-state index contributed by atoms with van der Waals surface area (Å²) < 4.78 is 2.26. The first-order valence-corrected chi connectivity index (χ1v) is 9.46. The molecule has 0 fully saturated rings. The van der Waals surface area contributed by atoms with Crippen LogP contribution < -0.4 is 0 Å². The molecule has 0 aliphatic heterocycles. The standard InChI is InChI=1S/C21H25N5/c1-14(2)26-15(3)24-19-13-23-18(12-20(19)26)11-17-9-10-22-21(25-17)16-7-5-4-6-8-16/h7,9-10,12-14H,4-6,8,11H2,1-3H3. The maximum Gasteiger partial charge on any atom is 0.154 e. The van der Waals surface area contributed by atoms with E-state index in [-0.39, 0.29) is 0 Å². The molecule has 0 saturated carbocycles. The van der Waals surface area contributed by atoms with E-state index in [1.54, 1.807) is 0 Å². The van der Waals surface area contributed by atoms with Gasteiger partial charge in [-0.25, -0.2) is 15.0 Å². The van der Waals surface area contributed by atoms with Gasteiger partial charge in [0, 0.05) is 24.4 Å². The molecule has 0 spiro atoms. The number of aromatic nitrogens is 5. The molecular formula is C21H25N5. The Bertz CT molecular complexity index is 968. The first-order chi connectivity index (χ1) is 12.6. The highest BCUT2D eigenvalue weighted by atomic mass is 15.1. The van der Waals surface area contributed by atoms with Crippen LogP contribution in [0.25, 0.3) is 16.6 Å². The maximum absolute atomic E-state index is 4.79. The largest absolute Gasteiger partial charge is 0.326 e. The predicted octanol–water partition coefficient (Wildman–Crippen LogP) is 4.66. The summed E-state index contributed by atoms with van der Waals surface area (Å²) in [5.74, 6) is 1.91. The molecule has 3 aromatic rings. The van der Waals surface area contributed by atoms with Crippen LogP contribution in [0, 0.1) is 6.92 Å². The molecule has 0 unspecified atom stereocenters. The second-order valence-corrected chi connectivity index (χ2v) is 7.31. The lowest BCUT2D eigenvalue weighted by Gasteiger charge is -2.12. The summed E-state index contributed by atoms with van der Waals surface area (Å²) in [6, 6.07) is 4.51. The third-order valence-electron chi connectivity index (χ3n) is 4.98. The Morgan fingerprint density at radius 2 is 2.00 bits per heavy atom. The van der Waals surface area contributed by atoms with Gasteiger partial charge in [-0.1, -0.05) is 6.08 Å². The number of allylic oxidation sites excluding steroid dienone is 2. The molecule has 26 heavy (non-hydrogen) atoms. The molecule has 5 nitrogen and oxygen atoms in total.